The van der Waals surface area contributed by atoms with Crippen LogP contribution >= 0.6 is 27.5 Å². The molecule has 1 unspecified atom stereocenters. The van der Waals surface area contributed by atoms with Crippen LogP contribution in [0.2, 0.25) is 5.02 Å². The van der Waals surface area contributed by atoms with Crippen molar-refractivity contribution >= 4 is 27.5 Å². The van der Waals surface area contributed by atoms with Crippen LogP contribution in [0.5, 0.6) is 0 Å². The highest BCUT2D eigenvalue weighted by Crippen LogP contribution is 2.26. The molecule has 1 atom stereocenters. The van der Waals surface area contributed by atoms with Crippen LogP contribution in [0, 0.1) is 11.6 Å². The summed E-state index contributed by atoms with van der Waals surface area (Å²) in [4.78, 5) is 0. The first kappa shape index (κ1) is 14.4. The van der Waals surface area contributed by atoms with E-state index in [1.807, 2.05) is 0 Å². The molecule has 0 amide bonds. The molecular formula is C14H11BrClF2N. The standard InChI is InChI=1S/C14H11BrClF2N/c15-14-9(2-1-3-12(14)18)7-13(19)8-4-5-11(17)10(16)6-8/h1-6,13H,7,19H2. The Labute approximate surface area is 123 Å². The Bertz CT molecular complexity index is 604. The molecule has 19 heavy (non-hydrogen) atoms. The van der Waals surface area contributed by atoms with E-state index in [4.69, 9.17) is 17.3 Å². The van der Waals surface area contributed by atoms with Crippen LogP contribution in [0.1, 0.15) is 17.2 Å². The van der Waals surface area contributed by atoms with Crippen molar-refractivity contribution in [1.29, 1.82) is 0 Å². The zero-order valence-electron chi connectivity index (χ0n) is 9.84. The van der Waals surface area contributed by atoms with E-state index >= 15 is 0 Å². The zero-order valence-corrected chi connectivity index (χ0v) is 12.2. The lowest BCUT2D eigenvalue weighted by Gasteiger charge is -2.14. The van der Waals surface area contributed by atoms with Gasteiger partial charge in [-0.25, -0.2) is 8.78 Å². The molecule has 0 radical (unpaired) electrons. The first-order valence-electron chi connectivity index (χ1n) is 5.62. The fourth-order valence-electron chi connectivity index (χ4n) is 1.80. The van der Waals surface area contributed by atoms with Crippen molar-refractivity contribution in [2.24, 2.45) is 5.73 Å². The molecule has 100 valence electrons. The molecule has 0 aromatic heterocycles. The smallest absolute Gasteiger partial charge is 0.141 e. The Balaban J connectivity index is 2.23. The summed E-state index contributed by atoms with van der Waals surface area (Å²) in [7, 11) is 0. The number of halogens is 4. The molecule has 2 rings (SSSR count). The molecule has 5 heteroatoms. The van der Waals surface area contributed by atoms with Gasteiger partial charge in [0.1, 0.15) is 11.6 Å². The van der Waals surface area contributed by atoms with Crippen LogP contribution in [0.4, 0.5) is 8.78 Å². The van der Waals surface area contributed by atoms with Crippen molar-refractivity contribution in [3.63, 3.8) is 0 Å². The molecule has 0 heterocycles. The summed E-state index contributed by atoms with van der Waals surface area (Å²) < 4.78 is 26.9. The van der Waals surface area contributed by atoms with Crippen molar-refractivity contribution in [3.8, 4) is 0 Å². The van der Waals surface area contributed by atoms with Gasteiger partial charge in [0.15, 0.2) is 0 Å². The highest BCUT2D eigenvalue weighted by atomic mass is 79.9. The largest absolute Gasteiger partial charge is 0.324 e. The second-order valence-corrected chi connectivity index (χ2v) is 5.40. The molecule has 0 aliphatic rings. The fourth-order valence-corrected chi connectivity index (χ4v) is 2.42. The summed E-state index contributed by atoms with van der Waals surface area (Å²) in [6.45, 7) is 0. The summed E-state index contributed by atoms with van der Waals surface area (Å²) in [5.74, 6) is -0.814. The van der Waals surface area contributed by atoms with E-state index in [1.165, 1.54) is 18.2 Å². The molecule has 2 aromatic carbocycles. The van der Waals surface area contributed by atoms with E-state index in [0.717, 1.165) is 5.56 Å². The Morgan fingerprint density at radius 2 is 1.89 bits per heavy atom. The average Bonchev–Trinajstić information content (AvgIpc) is 2.38. The molecule has 0 spiro atoms. The van der Waals surface area contributed by atoms with E-state index in [1.54, 1.807) is 18.2 Å². The summed E-state index contributed by atoms with van der Waals surface area (Å²) in [5.41, 5.74) is 7.51. The number of nitrogens with two attached hydrogens (primary N) is 1. The van der Waals surface area contributed by atoms with Gasteiger partial charge in [0.05, 0.1) is 9.50 Å². The molecule has 2 aromatic rings. The van der Waals surface area contributed by atoms with Crippen LogP contribution in [0.15, 0.2) is 40.9 Å². The fraction of sp³-hybridized carbons (Fsp3) is 0.143. The van der Waals surface area contributed by atoms with Gasteiger partial charge in [0.25, 0.3) is 0 Å². The van der Waals surface area contributed by atoms with Gasteiger partial charge in [0, 0.05) is 6.04 Å². The number of rotatable bonds is 3. The van der Waals surface area contributed by atoms with Crippen molar-refractivity contribution in [3.05, 3.63) is 68.7 Å². The molecule has 0 aliphatic heterocycles. The summed E-state index contributed by atoms with van der Waals surface area (Å²) in [6, 6.07) is 8.76. The molecule has 0 fully saturated rings. The first-order valence-corrected chi connectivity index (χ1v) is 6.79. The molecule has 0 bridgehead atoms. The van der Waals surface area contributed by atoms with E-state index in [9.17, 15) is 8.78 Å². The molecule has 0 saturated heterocycles. The van der Waals surface area contributed by atoms with Gasteiger partial charge in [0.2, 0.25) is 0 Å². The van der Waals surface area contributed by atoms with Crippen LogP contribution in [-0.2, 0) is 6.42 Å². The topological polar surface area (TPSA) is 26.0 Å². The Hall–Kier alpha value is -0.970. The van der Waals surface area contributed by atoms with Crippen molar-refractivity contribution in [2.45, 2.75) is 12.5 Å². The first-order chi connectivity index (χ1) is 8.99. The highest BCUT2D eigenvalue weighted by molar-refractivity contribution is 9.10. The second kappa shape index (κ2) is 5.99. The van der Waals surface area contributed by atoms with Gasteiger partial charge >= 0.3 is 0 Å². The van der Waals surface area contributed by atoms with Gasteiger partial charge in [-0.2, -0.15) is 0 Å². The minimum absolute atomic E-state index is 0.0336. The maximum Gasteiger partial charge on any atom is 0.141 e. The highest BCUT2D eigenvalue weighted by Gasteiger charge is 2.13. The van der Waals surface area contributed by atoms with E-state index < -0.39 is 5.82 Å². The maximum atomic E-state index is 13.4. The van der Waals surface area contributed by atoms with Crippen LogP contribution in [-0.4, -0.2) is 0 Å². The number of benzene rings is 2. The van der Waals surface area contributed by atoms with E-state index in [0.29, 0.717) is 16.5 Å². The van der Waals surface area contributed by atoms with E-state index in [2.05, 4.69) is 15.9 Å². The SMILES string of the molecule is NC(Cc1cccc(F)c1Br)c1ccc(F)c(Cl)c1. The number of hydrogen-bond donors (Lipinski definition) is 1. The summed E-state index contributed by atoms with van der Waals surface area (Å²) in [6.07, 6.45) is 0.431. The van der Waals surface area contributed by atoms with Gasteiger partial charge in [-0.1, -0.05) is 29.8 Å². The lowest BCUT2D eigenvalue weighted by Crippen LogP contribution is -2.14. The monoisotopic (exact) mass is 345 g/mol. The Morgan fingerprint density at radius 1 is 1.16 bits per heavy atom. The normalized spacial score (nSPS) is 12.5. The molecular weight excluding hydrogens is 336 g/mol. The van der Waals surface area contributed by atoms with Crippen molar-refractivity contribution in [1.82, 2.24) is 0 Å². The third-order valence-electron chi connectivity index (χ3n) is 2.84. The summed E-state index contributed by atoms with van der Waals surface area (Å²) in [5, 5.41) is 0.0336. The third-order valence-corrected chi connectivity index (χ3v) is 4.02. The lowest BCUT2D eigenvalue weighted by molar-refractivity contribution is 0.613. The minimum Gasteiger partial charge on any atom is -0.324 e. The maximum absolute atomic E-state index is 13.4. The van der Waals surface area contributed by atoms with Crippen LogP contribution < -0.4 is 5.73 Å². The minimum atomic E-state index is -0.482. The average molecular weight is 347 g/mol. The number of hydrogen-bond acceptors (Lipinski definition) is 1. The van der Waals surface area contributed by atoms with Gasteiger partial charge < -0.3 is 5.73 Å². The zero-order chi connectivity index (χ0) is 14.0. The third kappa shape index (κ3) is 3.32. The Kier molecular flexibility index (Phi) is 4.55. The molecule has 1 nitrogen and oxygen atoms in total. The quantitative estimate of drug-likeness (QED) is 0.862. The Morgan fingerprint density at radius 3 is 2.58 bits per heavy atom. The van der Waals surface area contributed by atoms with Crippen LogP contribution in [0.25, 0.3) is 0 Å². The van der Waals surface area contributed by atoms with Gasteiger partial charge in [-0.05, 0) is 51.7 Å². The molecule has 0 saturated carbocycles. The predicted octanol–water partition coefficient (Wildman–Crippen LogP) is 4.62. The van der Waals surface area contributed by atoms with Gasteiger partial charge in [-0.15, -0.1) is 0 Å². The van der Waals surface area contributed by atoms with Crippen molar-refractivity contribution < 1.29 is 8.78 Å². The molecule has 2 N–H and O–H groups in total. The lowest BCUT2D eigenvalue weighted by atomic mass is 9.99. The second-order valence-electron chi connectivity index (χ2n) is 4.20. The predicted molar refractivity (Wildman–Crippen MR) is 76.1 cm³/mol. The van der Waals surface area contributed by atoms with Crippen molar-refractivity contribution in [2.75, 3.05) is 0 Å². The van der Waals surface area contributed by atoms with E-state index in [-0.39, 0.29) is 16.9 Å². The summed E-state index contributed by atoms with van der Waals surface area (Å²) >= 11 is 8.91. The van der Waals surface area contributed by atoms with Crippen LogP contribution in [0.3, 0.4) is 0 Å². The molecule has 0 aliphatic carbocycles. The van der Waals surface area contributed by atoms with Gasteiger partial charge in [-0.3, -0.25) is 0 Å².